The van der Waals surface area contributed by atoms with Crippen molar-refractivity contribution in [2.24, 2.45) is 0 Å². The molecule has 21 heavy (non-hydrogen) atoms. The third-order valence-electron chi connectivity index (χ3n) is 2.85. The van der Waals surface area contributed by atoms with Crippen LogP contribution in [0.5, 0.6) is 0 Å². The zero-order valence-electron chi connectivity index (χ0n) is 10.5. The van der Waals surface area contributed by atoms with Crippen molar-refractivity contribution in [3.05, 3.63) is 70.8 Å². The van der Waals surface area contributed by atoms with E-state index in [9.17, 15) is 26.7 Å². The minimum Gasteiger partial charge on any atom is -0.294 e. The van der Waals surface area contributed by atoms with Gasteiger partial charge in [0.05, 0.1) is 5.56 Å². The first-order valence-electron chi connectivity index (χ1n) is 5.92. The van der Waals surface area contributed by atoms with Gasteiger partial charge in [-0.05, 0) is 29.8 Å². The highest BCUT2D eigenvalue weighted by Gasteiger charge is 2.34. The van der Waals surface area contributed by atoms with E-state index in [0.29, 0.717) is 17.7 Å². The van der Waals surface area contributed by atoms with E-state index >= 15 is 0 Å². The average molecular weight is 300 g/mol. The number of ketones is 1. The molecule has 110 valence electrons. The summed E-state index contributed by atoms with van der Waals surface area (Å²) in [7, 11) is 0. The molecule has 0 aromatic heterocycles. The molecule has 0 spiro atoms. The van der Waals surface area contributed by atoms with Gasteiger partial charge >= 0.3 is 6.18 Å². The molecule has 0 aliphatic rings. The number of rotatable bonds is 3. The predicted octanol–water partition coefficient (Wildman–Crippen LogP) is 4.41. The van der Waals surface area contributed by atoms with Crippen LogP contribution < -0.4 is 0 Å². The number of carbonyl (C=O) groups excluding carboxylic acids is 1. The second kappa shape index (κ2) is 5.63. The molecule has 6 heteroatoms. The van der Waals surface area contributed by atoms with Crippen molar-refractivity contribution < 1.29 is 26.7 Å². The lowest BCUT2D eigenvalue weighted by Gasteiger charge is -2.09. The van der Waals surface area contributed by atoms with Gasteiger partial charge in [-0.2, -0.15) is 13.2 Å². The van der Waals surface area contributed by atoms with Crippen LogP contribution in [0.4, 0.5) is 22.0 Å². The van der Waals surface area contributed by atoms with Crippen molar-refractivity contribution in [2.75, 3.05) is 0 Å². The summed E-state index contributed by atoms with van der Waals surface area (Å²) in [5.41, 5.74) is -1.25. The van der Waals surface area contributed by atoms with Crippen LogP contribution in [0.25, 0.3) is 0 Å². The molecule has 0 atom stereocenters. The van der Waals surface area contributed by atoms with E-state index in [-0.39, 0.29) is 12.0 Å². The Morgan fingerprint density at radius 2 is 1.71 bits per heavy atom. The average Bonchev–Trinajstić information content (AvgIpc) is 2.37. The summed E-state index contributed by atoms with van der Waals surface area (Å²) >= 11 is 0. The smallest absolute Gasteiger partial charge is 0.294 e. The number of halogens is 5. The summed E-state index contributed by atoms with van der Waals surface area (Å²) in [6.45, 7) is 0. The maximum Gasteiger partial charge on any atom is 0.419 e. The molecule has 0 amide bonds. The van der Waals surface area contributed by atoms with Gasteiger partial charge in [0.25, 0.3) is 0 Å². The fourth-order valence-corrected chi connectivity index (χ4v) is 1.85. The van der Waals surface area contributed by atoms with Gasteiger partial charge in [0.2, 0.25) is 0 Å². The molecule has 0 radical (unpaired) electrons. The van der Waals surface area contributed by atoms with Gasteiger partial charge in [-0.25, -0.2) is 8.78 Å². The summed E-state index contributed by atoms with van der Waals surface area (Å²) in [6, 6.07) is 7.23. The van der Waals surface area contributed by atoms with Crippen LogP contribution in [0.1, 0.15) is 21.5 Å². The van der Waals surface area contributed by atoms with E-state index in [0.717, 1.165) is 12.1 Å². The Hall–Kier alpha value is -2.24. The van der Waals surface area contributed by atoms with E-state index in [4.69, 9.17) is 0 Å². The lowest BCUT2D eigenvalue weighted by atomic mass is 10.0. The van der Waals surface area contributed by atoms with Crippen molar-refractivity contribution in [1.82, 2.24) is 0 Å². The van der Waals surface area contributed by atoms with Crippen LogP contribution in [-0.2, 0) is 12.6 Å². The number of alkyl halides is 3. The van der Waals surface area contributed by atoms with Crippen LogP contribution in [0.15, 0.2) is 42.5 Å². The highest BCUT2D eigenvalue weighted by molar-refractivity contribution is 5.97. The second-order valence-electron chi connectivity index (χ2n) is 4.42. The number of hydrogen-bond donors (Lipinski definition) is 0. The topological polar surface area (TPSA) is 17.1 Å². The highest BCUT2D eigenvalue weighted by Crippen LogP contribution is 2.31. The Bertz CT molecular complexity index is 676. The summed E-state index contributed by atoms with van der Waals surface area (Å²) in [5, 5.41) is 0. The molecule has 0 bridgehead atoms. The first-order chi connectivity index (χ1) is 9.77. The minimum absolute atomic E-state index is 0.190. The summed E-state index contributed by atoms with van der Waals surface area (Å²) < 4.78 is 63.6. The molecule has 0 aliphatic heterocycles. The predicted molar refractivity (Wildman–Crippen MR) is 65.8 cm³/mol. The van der Waals surface area contributed by atoms with Crippen molar-refractivity contribution in [3.63, 3.8) is 0 Å². The molecule has 2 rings (SSSR count). The third-order valence-corrected chi connectivity index (χ3v) is 2.85. The second-order valence-corrected chi connectivity index (χ2v) is 4.42. The number of Topliss-reactive ketones (excluding diaryl/α,β-unsaturated/α-hetero) is 1. The Morgan fingerprint density at radius 3 is 2.29 bits per heavy atom. The van der Waals surface area contributed by atoms with Gasteiger partial charge < -0.3 is 0 Å². The lowest BCUT2D eigenvalue weighted by molar-refractivity contribution is -0.140. The molecule has 2 aromatic rings. The molecule has 0 saturated heterocycles. The van der Waals surface area contributed by atoms with Gasteiger partial charge in [-0.1, -0.05) is 18.2 Å². The monoisotopic (exact) mass is 300 g/mol. The van der Waals surface area contributed by atoms with Crippen LogP contribution in [0.2, 0.25) is 0 Å². The van der Waals surface area contributed by atoms with Crippen molar-refractivity contribution in [3.8, 4) is 0 Å². The van der Waals surface area contributed by atoms with Crippen molar-refractivity contribution >= 4 is 5.78 Å². The Balaban J connectivity index is 2.23. The molecule has 2 aromatic carbocycles. The molecule has 0 heterocycles. The summed E-state index contributed by atoms with van der Waals surface area (Å²) in [4.78, 5) is 11.9. The zero-order valence-corrected chi connectivity index (χ0v) is 10.5. The number of hydrogen-bond acceptors (Lipinski definition) is 1. The highest BCUT2D eigenvalue weighted by atomic mass is 19.4. The Labute approximate surface area is 117 Å². The largest absolute Gasteiger partial charge is 0.419 e. The van der Waals surface area contributed by atoms with Crippen molar-refractivity contribution in [2.45, 2.75) is 12.6 Å². The van der Waals surface area contributed by atoms with Crippen LogP contribution >= 0.6 is 0 Å². The third kappa shape index (κ3) is 3.65. The van der Waals surface area contributed by atoms with Gasteiger partial charge in [0.1, 0.15) is 11.6 Å². The number of carbonyl (C=O) groups is 1. The molecule has 0 fully saturated rings. The quantitative estimate of drug-likeness (QED) is 0.606. The van der Waals surface area contributed by atoms with Gasteiger partial charge in [0, 0.05) is 12.0 Å². The van der Waals surface area contributed by atoms with Gasteiger partial charge in [-0.3, -0.25) is 4.79 Å². The van der Waals surface area contributed by atoms with Gasteiger partial charge in [-0.15, -0.1) is 0 Å². The molecule has 1 nitrogen and oxygen atoms in total. The zero-order chi connectivity index (χ0) is 15.6. The first kappa shape index (κ1) is 15.2. The van der Waals surface area contributed by atoms with E-state index < -0.39 is 29.2 Å². The maximum absolute atomic E-state index is 13.4. The fourth-order valence-electron chi connectivity index (χ4n) is 1.85. The lowest BCUT2D eigenvalue weighted by Crippen LogP contribution is -2.10. The number of benzene rings is 2. The Morgan fingerprint density at radius 1 is 1.00 bits per heavy atom. The standard InChI is InChI=1S/C15H9F5O/c16-11-3-1-2-9(6-11)7-14(21)10-4-5-12(13(17)8-10)15(18,19)20/h1-6,8H,7H2. The minimum atomic E-state index is -4.81. The SMILES string of the molecule is O=C(Cc1cccc(F)c1)c1ccc(C(F)(F)F)c(F)c1. The molecule has 0 N–H and O–H groups in total. The summed E-state index contributed by atoms with van der Waals surface area (Å²) in [6.07, 6.45) is -5.03. The molecule has 0 saturated carbocycles. The normalized spacial score (nSPS) is 11.5. The van der Waals surface area contributed by atoms with E-state index in [2.05, 4.69) is 0 Å². The van der Waals surface area contributed by atoms with Crippen LogP contribution in [0.3, 0.4) is 0 Å². The maximum atomic E-state index is 13.4. The first-order valence-corrected chi connectivity index (χ1v) is 5.92. The van der Waals surface area contributed by atoms with E-state index in [1.165, 1.54) is 18.2 Å². The summed E-state index contributed by atoms with van der Waals surface area (Å²) in [5.74, 6) is -2.63. The molecular weight excluding hydrogens is 291 g/mol. The van der Waals surface area contributed by atoms with E-state index in [1.54, 1.807) is 0 Å². The van der Waals surface area contributed by atoms with Crippen molar-refractivity contribution in [1.29, 1.82) is 0 Å². The molecule has 0 aliphatic carbocycles. The van der Waals surface area contributed by atoms with Gasteiger partial charge in [0.15, 0.2) is 5.78 Å². The van der Waals surface area contributed by atoms with E-state index in [1.807, 2.05) is 0 Å². The fraction of sp³-hybridized carbons (Fsp3) is 0.133. The molecular formula is C15H9F5O. The van der Waals surface area contributed by atoms with Crippen LogP contribution in [0, 0.1) is 11.6 Å². The van der Waals surface area contributed by atoms with Crippen LogP contribution in [-0.4, -0.2) is 5.78 Å². The molecule has 0 unspecified atom stereocenters. The Kier molecular flexibility index (Phi) is 4.06.